The summed E-state index contributed by atoms with van der Waals surface area (Å²) in [5.41, 5.74) is 10.4. The van der Waals surface area contributed by atoms with E-state index < -0.39 is 0 Å². The van der Waals surface area contributed by atoms with Crippen molar-refractivity contribution in [3.05, 3.63) is 182 Å². The monoisotopic (exact) mass is 686 g/mol. The predicted octanol–water partition coefficient (Wildman–Crippen LogP) is 15.1. The Hall–Kier alpha value is -7.16. The zero-order valence-corrected chi connectivity index (χ0v) is 29.1. The van der Waals surface area contributed by atoms with Gasteiger partial charge in [0.2, 0.25) is 0 Å². The van der Waals surface area contributed by atoms with Crippen LogP contribution in [0, 0.1) is 0 Å². The molecule has 12 aromatic rings. The van der Waals surface area contributed by atoms with E-state index in [9.17, 15) is 0 Å². The summed E-state index contributed by atoms with van der Waals surface area (Å²) in [6, 6.07) is 65.6. The van der Waals surface area contributed by atoms with Gasteiger partial charge in [-0.25, -0.2) is 0 Å². The van der Waals surface area contributed by atoms with Gasteiger partial charge in [0.15, 0.2) is 0 Å². The van der Waals surface area contributed by atoms with Gasteiger partial charge in [0, 0.05) is 21.5 Å². The molecule has 0 saturated heterocycles. The largest absolute Gasteiger partial charge is 0.455 e. The molecule has 2 heteroatoms. The summed E-state index contributed by atoms with van der Waals surface area (Å²) in [5, 5.41) is 14.4. The van der Waals surface area contributed by atoms with Crippen LogP contribution in [0.15, 0.2) is 191 Å². The molecule has 0 saturated carbocycles. The van der Waals surface area contributed by atoms with E-state index in [1.807, 2.05) is 24.3 Å². The van der Waals surface area contributed by atoms with Crippen LogP contribution in [0.1, 0.15) is 0 Å². The third-order valence-electron chi connectivity index (χ3n) is 11.4. The highest BCUT2D eigenvalue weighted by molar-refractivity contribution is 6.26. The Morgan fingerprint density at radius 1 is 0.259 bits per heavy atom. The molecule has 0 bridgehead atoms. The number of benzene rings is 10. The quantitative estimate of drug-likeness (QED) is 0.137. The molecule has 2 heterocycles. The van der Waals surface area contributed by atoms with Crippen molar-refractivity contribution < 1.29 is 8.83 Å². The van der Waals surface area contributed by atoms with Crippen LogP contribution in [0.5, 0.6) is 0 Å². The third kappa shape index (κ3) is 4.11. The van der Waals surface area contributed by atoms with Gasteiger partial charge >= 0.3 is 0 Å². The number of hydrogen-bond acceptors (Lipinski definition) is 2. The van der Waals surface area contributed by atoms with Crippen LogP contribution in [0.4, 0.5) is 0 Å². The van der Waals surface area contributed by atoms with Gasteiger partial charge in [-0.2, -0.15) is 0 Å². The van der Waals surface area contributed by atoms with Crippen LogP contribution in [0.2, 0.25) is 0 Å². The second kappa shape index (κ2) is 11.2. The molecule has 0 aliphatic heterocycles. The Balaban J connectivity index is 1.12. The molecule has 0 amide bonds. The zero-order chi connectivity index (χ0) is 35.3. The fourth-order valence-electron chi connectivity index (χ4n) is 9.09. The number of fused-ring (bicyclic) bond motifs is 11. The van der Waals surface area contributed by atoms with Gasteiger partial charge in [-0.1, -0.05) is 158 Å². The first kappa shape index (κ1) is 29.4. The molecule has 10 aromatic carbocycles. The lowest BCUT2D eigenvalue weighted by molar-refractivity contribution is 0.658. The van der Waals surface area contributed by atoms with Crippen molar-refractivity contribution in [1.82, 2.24) is 0 Å². The summed E-state index contributed by atoms with van der Waals surface area (Å²) >= 11 is 0. The Morgan fingerprint density at radius 2 is 0.667 bits per heavy atom. The lowest BCUT2D eigenvalue weighted by Gasteiger charge is -2.19. The summed E-state index contributed by atoms with van der Waals surface area (Å²) in [7, 11) is 0. The van der Waals surface area contributed by atoms with Crippen LogP contribution in [-0.4, -0.2) is 0 Å². The van der Waals surface area contributed by atoms with Crippen molar-refractivity contribution in [3.63, 3.8) is 0 Å². The van der Waals surface area contributed by atoms with Crippen molar-refractivity contribution in [2.24, 2.45) is 0 Å². The molecular formula is C52H30O2. The smallest absolute Gasteiger partial charge is 0.147 e. The van der Waals surface area contributed by atoms with Crippen LogP contribution in [0.3, 0.4) is 0 Å². The molecule has 2 aromatic heterocycles. The molecule has 0 fully saturated rings. The van der Waals surface area contributed by atoms with Crippen molar-refractivity contribution in [2.75, 3.05) is 0 Å². The van der Waals surface area contributed by atoms with Crippen LogP contribution in [0.25, 0.3) is 120 Å². The number of para-hydroxylation sites is 2. The van der Waals surface area contributed by atoms with Gasteiger partial charge in [-0.05, 0) is 95.2 Å². The van der Waals surface area contributed by atoms with E-state index >= 15 is 0 Å². The fourth-order valence-corrected chi connectivity index (χ4v) is 9.09. The van der Waals surface area contributed by atoms with E-state index in [1.54, 1.807) is 0 Å². The summed E-state index contributed by atoms with van der Waals surface area (Å²) in [6.07, 6.45) is 0. The number of hydrogen-bond donors (Lipinski definition) is 0. The summed E-state index contributed by atoms with van der Waals surface area (Å²) < 4.78 is 13.2. The Morgan fingerprint density at radius 3 is 1.22 bits per heavy atom. The van der Waals surface area contributed by atoms with E-state index in [1.165, 1.54) is 65.3 Å². The van der Waals surface area contributed by atoms with E-state index in [-0.39, 0.29) is 0 Å². The zero-order valence-electron chi connectivity index (χ0n) is 29.1. The minimum Gasteiger partial charge on any atom is -0.455 e. The SMILES string of the molecule is c1ccc2c(c1)cc(-c1c3ccccc3c(-c3ccc(-c4c5oc6ccccc6c5cc5c4oc4ccccc45)cc3)c3ccccc13)c1ccccc12. The Labute approximate surface area is 310 Å². The highest BCUT2D eigenvalue weighted by Gasteiger charge is 2.22. The molecule has 0 radical (unpaired) electrons. The maximum absolute atomic E-state index is 6.62. The lowest BCUT2D eigenvalue weighted by Crippen LogP contribution is -1.92. The minimum absolute atomic E-state index is 0.846. The molecule has 54 heavy (non-hydrogen) atoms. The Bertz CT molecular complexity index is 3340. The van der Waals surface area contributed by atoms with E-state index in [2.05, 4.69) is 158 Å². The predicted molar refractivity (Wildman–Crippen MR) is 227 cm³/mol. The van der Waals surface area contributed by atoms with Gasteiger partial charge in [0.05, 0.1) is 5.56 Å². The van der Waals surface area contributed by atoms with Crippen molar-refractivity contribution in [3.8, 4) is 33.4 Å². The molecular weight excluding hydrogens is 657 g/mol. The molecule has 2 nitrogen and oxygen atoms in total. The topological polar surface area (TPSA) is 26.3 Å². The molecule has 0 aliphatic rings. The van der Waals surface area contributed by atoms with Gasteiger partial charge < -0.3 is 8.83 Å². The van der Waals surface area contributed by atoms with E-state index in [0.717, 1.165) is 55.0 Å². The average molecular weight is 687 g/mol. The Kier molecular flexibility index (Phi) is 6.09. The molecule has 0 atom stereocenters. The second-order valence-corrected chi connectivity index (χ2v) is 14.3. The van der Waals surface area contributed by atoms with Crippen molar-refractivity contribution in [1.29, 1.82) is 0 Å². The average Bonchev–Trinajstić information content (AvgIpc) is 3.80. The lowest BCUT2D eigenvalue weighted by atomic mass is 9.83. The molecule has 0 N–H and O–H groups in total. The summed E-state index contributed by atoms with van der Waals surface area (Å²) in [6.45, 7) is 0. The van der Waals surface area contributed by atoms with Gasteiger partial charge in [-0.15, -0.1) is 0 Å². The second-order valence-electron chi connectivity index (χ2n) is 14.3. The van der Waals surface area contributed by atoms with Crippen LogP contribution < -0.4 is 0 Å². The first-order valence-corrected chi connectivity index (χ1v) is 18.5. The van der Waals surface area contributed by atoms with Gasteiger partial charge in [0.1, 0.15) is 22.3 Å². The van der Waals surface area contributed by atoms with Crippen molar-refractivity contribution >= 4 is 87.0 Å². The first-order valence-electron chi connectivity index (χ1n) is 18.5. The fraction of sp³-hybridized carbons (Fsp3) is 0. The van der Waals surface area contributed by atoms with Gasteiger partial charge in [0.25, 0.3) is 0 Å². The normalized spacial score (nSPS) is 12.1. The third-order valence-corrected chi connectivity index (χ3v) is 11.4. The van der Waals surface area contributed by atoms with Crippen LogP contribution in [-0.2, 0) is 0 Å². The molecule has 0 aliphatic carbocycles. The van der Waals surface area contributed by atoms with Crippen LogP contribution >= 0.6 is 0 Å². The van der Waals surface area contributed by atoms with Gasteiger partial charge in [-0.3, -0.25) is 0 Å². The number of rotatable bonds is 3. The molecule has 12 rings (SSSR count). The summed E-state index contributed by atoms with van der Waals surface area (Å²) in [5.74, 6) is 0. The van der Waals surface area contributed by atoms with Crippen molar-refractivity contribution in [2.45, 2.75) is 0 Å². The first-order chi connectivity index (χ1) is 26.8. The highest BCUT2D eigenvalue weighted by atomic mass is 16.3. The van der Waals surface area contributed by atoms with E-state index in [4.69, 9.17) is 8.83 Å². The molecule has 0 unspecified atom stereocenters. The van der Waals surface area contributed by atoms with E-state index in [0.29, 0.717) is 0 Å². The standard InChI is InChI=1S/C52H30O2/c1-2-14-34-33(13-1)29-43(36-16-4-3-15-35(34)36)50-41-21-7-5-19-39(41)48(40-20-6-8-22-42(40)50)31-25-27-32(28-26-31)49-51-44(37-17-9-11-23-46(37)53-51)30-45-38-18-10-12-24-47(38)54-52(45)49/h1-30H. The maximum Gasteiger partial charge on any atom is 0.147 e. The summed E-state index contributed by atoms with van der Waals surface area (Å²) in [4.78, 5) is 0. The number of furan rings is 2. The molecule has 0 spiro atoms. The maximum atomic E-state index is 6.62. The highest BCUT2D eigenvalue weighted by Crippen LogP contribution is 2.48. The molecule has 250 valence electrons. The minimum atomic E-state index is 0.846.